The summed E-state index contributed by atoms with van der Waals surface area (Å²) in [5, 5.41) is 5.58. The molecule has 3 amide bonds. The van der Waals surface area contributed by atoms with Crippen molar-refractivity contribution in [3.8, 4) is 0 Å². The number of rotatable bonds is 5. The van der Waals surface area contributed by atoms with Crippen LogP contribution in [0.25, 0.3) is 0 Å². The molecule has 0 spiro atoms. The molecule has 1 aromatic rings. The third-order valence-corrected chi connectivity index (χ3v) is 2.83. The summed E-state index contributed by atoms with van der Waals surface area (Å²) >= 11 is 0. The maximum atomic E-state index is 11.4. The second-order valence-electron chi connectivity index (χ2n) is 4.28. The molecule has 7 nitrogen and oxygen atoms in total. The van der Waals surface area contributed by atoms with Gasteiger partial charge in [0.25, 0.3) is 0 Å². The summed E-state index contributed by atoms with van der Waals surface area (Å²) in [5.74, 6) is 1.23. The Bertz CT molecular complexity index is 487. The van der Waals surface area contributed by atoms with Gasteiger partial charge in [0, 0.05) is 24.8 Å². The lowest BCUT2D eigenvalue weighted by atomic mass is 10.3. The quantitative estimate of drug-likeness (QED) is 0.747. The molecule has 19 heavy (non-hydrogen) atoms. The van der Waals surface area contributed by atoms with Crippen molar-refractivity contribution >= 4 is 17.8 Å². The van der Waals surface area contributed by atoms with E-state index in [1.165, 1.54) is 4.90 Å². The van der Waals surface area contributed by atoms with Crippen LogP contribution < -0.4 is 10.6 Å². The van der Waals surface area contributed by atoms with Crippen molar-refractivity contribution in [1.29, 1.82) is 0 Å². The average Bonchev–Trinajstić information content (AvgIpc) is 2.69. The Hall–Kier alpha value is -2.18. The molecule has 0 saturated carbocycles. The maximum absolute atomic E-state index is 11.4. The molecule has 7 heteroatoms. The zero-order chi connectivity index (χ0) is 13.8. The molecule has 0 bridgehead atoms. The minimum Gasteiger partial charge on any atom is -0.368 e. The van der Waals surface area contributed by atoms with Crippen LogP contribution in [0.15, 0.2) is 6.07 Å². The number of hydrogen-bond donors (Lipinski definition) is 2. The molecule has 1 aromatic heterocycles. The van der Waals surface area contributed by atoms with E-state index in [-0.39, 0.29) is 18.5 Å². The van der Waals surface area contributed by atoms with Gasteiger partial charge in [-0.05, 0) is 13.3 Å². The molecule has 1 aliphatic rings. The molecule has 0 atom stereocenters. The van der Waals surface area contributed by atoms with E-state index in [4.69, 9.17) is 0 Å². The van der Waals surface area contributed by atoms with Crippen LogP contribution in [0.4, 0.5) is 10.6 Å². The highest BCUT2D eigenvalue weighted by Gasteiger charge is 2.27. The van der Waals surface area contributed by atoms with Gasteiger partial charge < -0.3 is 10.6 Å². The van der Waals surface area contributed by atoms with Crippen LogP contribution in [0.5, 0.6) is 0 Å². The van der Waals surface area contributed by atoms with Crippen LogP contribution >= 0.6 is 0 Å². The molecule has 102 valence electrons. The van der Waals surface area contributed by atoms with Crippen molar-refractivity contribution in [1.82, 2.24) is 20.2 Å². The van der Waals surface area contributed by atoms with Crippen molar-refractivity contribution in [3.63, 3.8) is 0 Å². The summed E-state index contributed by atoms with van der Waals surface area (Å²) in [7, 11) is 0. The molecule has 2 N–H and O–H groups in total. The molecule has 2 heterocycles. The molecule has 0 aromatic carbocycles. The minimum atomic E-state index is -0.333. The lowest BCUT2D eigenvalue weighted by molar-refractivity contribution is -0.124. The van der Waals surface area contributed by atoms with E-state index in [1.807, 2.05) is 19.9 Å². The second kappa shape index (κ2) is 5.64. The van der Waals surface area contributed by atoms with E-state index < -0.39 is 0 Å². The fraction of sp³-hybridized carbons (Fsp3) is 0.500. The number of nitrogens with one attached hydrogen (secondary N) is 2. The van der Waals surface area contributed by atoms with Gasteiger partial charge in [0.1, 0.15) is 11.6 Å². The van der Waals surface area contributed by atoms with E-state index in [2.05, 4.69) is 20.6 Å². The number of carbonyl (C=O) groups is 2. The average molecular weight is 263 g/mol. The number of amides is 3. The first kappa shape index (κ1) is 13.3. The highest BCUT2D eigenvalue weighted by atomic mass is 16.2. The number of anilines is 1. The molecular weight excluding hydrogens is 246 g/mol. The van der Waals surface area contributed by atoms with Gasteiger partial charge in [-0.25, -0.2) is 14.8 Å². The summed E-state index contributed by atoms with van der Waals surface area (Å²) in [5.41, 5.74) is 0.963. The van der Waals surface area contributed by atoms with Crippen LogP contribution in [0.3, 0.4) is 0 Å². The second-order valence-corrected chi connectivity index (χ2v) is 4.28. The summed E-state index contributed by atoms with van der Waals surface area (Å²) < 4.78 is 0. The van der Waals surface area contributed by atoms with Gasteiger partial charge in [0.2, 0.25) is 5.91 Å². The summed E-state index contributed by atoms with van der Waals surface area (Å²) in [6.07, 6.45) is 0.838. The normalized spacial score (nSPS) is 14.7. The van der Waals surface area contributed by atoms with E-state index in [0.717, 1.165) is 17.9 Å². The monoisotopic (exact) mass is 263 g/mol. The third-order valence-electron chi connectivity index (χ3n) is 2.83. The van der Waals surface area contributed by atoms with Crippen LogP contribution in [0.2, 0.25) is 0 Å². The molecule has 0 radical (unpaired) electrons. The van der Waals surface area contributed by atoms with Gasteiger partial charge in [-0.1, -0.05) is 6.92 Å². The summed E-state index contributed by atoms with van der Waals surface area (Å²) in [4.78, 5) is 32.4. The van der Waals surface area contributed by atoms with Crippen LogP contribution in [-0.2, 0) is 11.2 Å². The largest absolute Gasteiger partial charge is 0.368 e. The molecule has 0 aliphatic carbocycles. The number of carbonyl (C=O) groups excluding carboxylic acids is 2. The Morgan fingerprint density at radius 3 is 2.84 bits per heavy atom. The van der Waals surface area contributed by atoms with Crippen LogP contribution in [0.1, 0.15) is 18.4 Å². The first-order valence-electron chi connectivity index (χ1n) is 6.26. The molecule has 0 unspecified atom stereocenters. The number of hydrogen-bond acceptors (Lipinski definition) is 5. The van der Waals surface area contributed by atoms with Crippen molar-refractivity contribution in [2.75, 3.05) is 25.0 Å². The molecule has 2 rings (SSSR count). The topological polar surface area (TPSA) is 87.2 Å². The number of nitrogens with zero attached hydrogens (tertiary/aromatic N) is 3. The van der Waals surface area contributed by atoms with Crippen molar-refractivity contribution < 1.29 is 9.59 Å². The van der Waals surface area contributed by atoms with Gasteiger partial charge in [0.05, 0.1) is 6.54 Å². The number of urea groups is 1. The summed E-state index contributed by atoms with van der Waals surface area (Å²) in [6, 6.07) is 1.54. The highest BCUT2D eigenvalue weighted by molar-refractivity contribution is 6.01. The Morgan fingerprint density at radius 1 is 1.42 bits per heavy atom. The number of aromatic nitrogens is 2. The molecule has 1 fully saturated rings. The standard InChI is InChI=1S/C12H17N5O2/c1-3-9-6-10(16-8(2)15-9)13-4-5-17-11(18)7-14-12(17)19/h6H,3-5,7H2,1-2H3,(H,14,19)(H,13,15,16). The van der Waals surface area contributed by atoms with Crippen molar-refractivity contribution in [2.24, 2.45) is 0 Å². The van der Waals surface area contributed by atoms with Crippen molar-refractivity contribution in [3.05, 3.63) is 17.6 Å². The zero-order valence-corrected chi connectivity index (χ0v) is 11.1. The van der Waals surface area contributed by atoms with E-state index >= 15 is 0 Å². The van der Waals surface area contributed by atoms with Crippen LogP contribution in [-0.4, -0.2) is 46.4 Å². The van der Waals surface area contributed by atoms with Gasteiger partial charge in [-0.3, -0.25) is 9.69 Å². The Balaban J connectivity index is 1.90. The number of imide groups is 1. The fourth-order valence-corrected chi connectivity index (χ4v) is 1.88. The minimum absolute atomic E-state index is 0.0887. The van der Waals surface area contributed by atoms with Crippen LogP contribution in [0, 0.1) is 6.92 Å². The third kappa shape index (κ3) is 3.18. The first-order chi connectivity index (χ1) is 9.10. The van der Waals surface area contributed by atoms with Gasteiger partial charge >= 0.3 is 6.03 Å². The van der Waals surface area contributed by atoms with E-state index in [0.29, 0.717) is 18.9 Å². The first-order valence-corrected chi connectivity index (χ1v) is 6.26. The van der Waals surface area contributed by atoms with E-state index in [1.54, 1.807) is 0 Å². The highest BCUT2D eigenvalue weighted by Crippen LogP contribution is 2.07. The van der Waals surface area contributed by atoms with Gasteiger partial charge in [0.15, 0.2) is 0 Å². The predicted octanol–water partition coefficient (Wildman–Crippen LogP) is 0.311. The lowest BCUT2D eigenvalue weighted by Crippen LogP contribution is -2.35. The van der Waals surface area contributed by atoms with Crippen molar-refractivity contribution in [2.45, 2.75) is 20.3 Å². The smallest absolute Gasteiger partial charge is 0.324 e. The molecule has 1 saturated heterocycles. The van der Waals surface area contributed by atoms with Gasteiger partial charge in [-0.2, -0.15) is 0 Å². The SMILES string of the molecule is CCc1cc(NCCN2C(=O)CNC2=O)nc(C)n1. The predicted molar refractivity (Wildman–Crippen MR) is 69.7 cm³/mol. The Morgan fingerprint density at radius 2 is 2.21 bits per heavy atom. The Labute approximate surface area is 111 Å². The fourth-order valence-electron chi connectivity index (χ4n) is 1.88. The Kier molecular flexibility index (Phi) is 3.94. The van der Waals surface area contributed by atoms with Gasteiger partial charge in [-0.15, -0.1) is 0 Å². The number of aryl methyl sites for hydroxylation is 2. The lowest BCUT2D eigenvalue weighted by Gasteiger charge is -2.13. The summed E-state index contributed by atoms with van der Waals surface area (Å²) in [6.45, 7) is 4.75. The molecular formula is C12H17N5O2. The van der Waals surface area contributed by atoms with E-state index in [9.17, 15) is 9.59 Å². The maximum Gasteiger partial charge on any atom is 0.324 e. The zero-order valence-electron chi connectivity index (χ0n) is 11.1. The molecule has 1 aliphatic heterocycles.